The molecule has 1 aliphatic rings. The van der Waals surface area contributed by atoms with E-state index >= 15 is 0 Å². The molecule has 150 valence electrons. The van der Waals surface area contributed by atoms with Gasteiger partial charge in [0, 0.05) is 14.8 Å². The molecule has 1 aromatic heterocycles. The molecule has 0 unspecified atom stereocenters. The molecule has 0 fully saturated rings. The second-order valence-electron chi connectivity index (χ2n) is 6.88. The van der Waals surface area contributed by atoms with Crippen molar-refractivity contribution in [2.24, 2.45) is 5.10 Å². The number of amides is 1. The maximum absolute atomic E-state index is 12.9. The molecule has 5 nitrogen and oxygen atoms in total. The van der Waals surface area contributed by atoms with E-state index in [1.807, 2.05) is 43.3 Å². The Labute approximate surface area is 182 Å². The van der Waals surface area contributed by atoms with E-state index in [1.165, 1.54) is 17.1 Å². The molecular weight excluding hydrogens is 420 g/mol. The van der Waals surface area contributed by atoms with E-state index in [1.54, 1.807) is 30.4 Å². The quantitative estimate of drug-likeness (QED) is 0.519. The molecule has 7 heteroatoms. The molecule has 0 radical (unpaired) electrons. The molecule has 0 atom stereocenters. The number of hydrazone groups is 1. The average molecular weight is 437 g/mol. The van der Waals surface area contributed by atoms with Gasteiger partial charge in [-0.15, -0.1) is 11.3 Å². The van der Waals surface area contributed by atoms with Crippen molar-refractivity contribution < 1.29 is 14.7 Å². The molecule has 3 aromatic rings. The van der Waals surface area contributed by atoms with E-state index < -0.39 is 5.97 Å². The minimum Gasteiger partial charge on any atom is -0.478 e. The summed E-state index contributed by atoms with van der Waals surface area (Å²) in [5, 5.41) is 15.5. The molecule has 0 spiro atoms. The van der Waals surface area contributed by atoms with Crippen LogP contribution in [0, 0.1) is 6.92 Å². The van der Waals surface area contributed by atoms with Crippen LogP contribution in [0.4, 0.5) is 5.69 Å². The molecule has 0 bridgehead atoms. The van der Waals surface area contributed by atoms with Crippen molar-refractivity contribution >= 4 is 52.3 Å². The van der Waals surface area contributed by atoms with E-state index in [0.717, 1.165) is 25.9 Å². The fraction of sp³-hybridized carbons (Fsp3) is 0.0870. The third-order valence-corrected chi connectivity index (χ3v) is 6.26. The number of thiophene rings is 1. The highest BCUT2D eigenvalue weighted by atomic mass is 35.5. The number of aryl methyl sites for hydroxylation is 1. The van der Waals surface area contributed by atoms with Crippen molar-refractivity contribution in [3.63, 3.8) is 0 Å². The van der Waals surface area contributed by atoms with Crippen LogP contribution < -0.4 is 5.01 Å². The molecule has 2 aromatic carbocycles. The maximum atomic E-state index is 12.9. The number of anilines is 1. The molecule has 30 heavy (non-hydrogen) atoms. The Balaban J connectivity index is 1.62. The van der Waals surface area contributed by atoms with Crippen LogP contribution in [0.15, 0.2) is 65.3 Å². The van der Waals surface area contributed by atoms with E-state index in [-0.39, 0.29) is 11.5 Å². The fourth-order valence-corrected chi connectivity index (χ4v) is 4.22. The third kappa shape index (κ3) is 3.79. The van der Waals surface area contributed by atoms with Crippen LogP contribution >= 0.6 is 22.9 Å². The lowest BCUT2D eigenvalue weighted by Gasteiger charge is -2.12. The van der Waals surface area contributed by atoms with Gasteiger partial charge >= 0.3 is 5.97 Å². The molecule has 0 saturated heterocycles. The first kappa shape index (κ1) is 20.1. The zero-order chi connectivity index (χ0) is 21.4. The molecule has 1 aliphatic heterocycles. The van der Waals surface area contributed by atoms with Gasteiger partial charge in [0.05, 0.1) is 22.5 Å². The normalized spacial score (nSPS) is 15.0. The lowest BCUT2D eigenvalue weighted by Crippen LogP contribution is -2.21. The van der Waals surface area contributed by atoms with Crippen molar-refractivity contribution in [2.45, 2.75) is 13.8 Å². The number of carbonyl (C=O) groups excluding carboxylic acids is 1. The lowest BCUT2D eigenvalue weighted by atomic mass is 10.1. The zero-order valence-corrected chi connectivity index (χ0v) is 17.8. The highest BCUT2D eigenvalue weighted by molar-refractivity contribution is 7.16. The van der Waals surface area contributed by atoms with Gasteiger partial charge in [0.25, 0.3) is 5.91 Å². The number of aromatic carboxylic acids is 1. The topological polar surface area (TPSA) is 70.0 Å². The number of carbonyl (C=O) groups is 2. The Morgan fingerprint density at radius 2 is 1.93 bits per heavy atom. The van der Waals surface area contributed by atoms with E-state index in [9.17, 15) is 14.7 Å². The Hall–Kier alpha value is -3.22. The Morgan fingerprint density at radius 3 is 2.67 bits per heavy atom. The Bertz CT molecular complexity index is 1240. The average Bonchev–Trinajstić information content (AvgIpc) is 3.30. The number of hydrogen-bond donors (Lipinski definition) is 1. The van der Waals surface area contributed by atoms with Gasteiger partial charge in [-0.25, -0.2) is 4.79 Å². The smallest absolute Gasteiger partial charge is 0.335 e. The van der Waals surface area contributed by atoms with Gasteiger partial charge in [-0.2, -0.15) is 10.1 Å². The number of rotatable bonds is 4. The first-order valence-electron chi connectivity index (χ1n) is 9.15. The third-order valence-electron chi connectivity index (χ3n) is 4.76. The highest BCUT2D eigenvalue weighted by Gasteiger charge is 2.29. The van der Waals surface area contributed by atoms with Crippen molar-refractivity contribution in [3.05, 3.63) is 81.2 Å². The number of nitrogens with zero attached hydrogens (tertiary/aromatic N) is 2. The summed E-state index contributed by atoms with van der Waals surface area (Å²) >= 11 is 7.69. The van der Waals surface area contributed by atoms with E-state index in [0.29, 0.717) is 17.0 Å². The van der Waals surface area contributed by atoms with Crippen molar-refractivity contribution in [1.29, 1.82) is 0 Å². The Morgan fingerprint density at radius 1 is 1.13 bits per heavy atom. The molecule has 2 heterocycles. The number of carboxylic acid groups (broad SMARTS) is 1. The number of hydrogen-bond acceptors (Lipinski definition) is 4. The van der Waals surface area contributed by atoms with E-state index in [4.69, 9.17) is 11.6 Å². The summed E-state index contributed by atoms with van der Waals surface area (Å²) in [7, 11) is 0. The minimum absolute atomic E-state index is 0.103. The van der Waals surface area contributed by atoms with Crippen LogP contribution in [0.2, 0.25) is 5.02 Å². The van der Waals surface area contributed by atoms with Crippen LogP contribution in [0.5, 0.6) is 0 Å². The summed E-state index contributed by atoms with van der Waals surface area (Å²) < 4.78 is 0. The SMILES string of the molecule is CC1=NN(c2cccc(C(=O)O)c2)C(=O)/C1=C\c1ccc(-c2ccc(Cl)c(C)c2)s1. The minimum atomic E-state index is -1.05. The largest absolute Gasteiger partial charge is 0.478 e. The van der Waals surface area contributed by atoms with Gasteiger partial charge in [0.2, 0.25) is 0 Å². The number of halogens is 1. The summed E-state index contributed by atoms with van der Waals surface area (Å²) in [5.41, 5.74) is 3.67. The molecular formula is C23H17ClN2O3S. The molecule has 1 amide bonds. The maximum Gasteiger partial charge on any atom is 0.335 e. The van der Waals surface area contributed by atoms with Gasteiger partial charge in [0.1, 0.15) is 0 Å². The van der Waals surface area contributed by atoms with E-state index in [2.05, 4.69) is 5.10 Å². The number of carboxylic acids is 1. The van der Waals surface area contributed by atoms with Gasteiger partial charge in [-0.3, -0.25) is 4.79 Å². The molecule has 0 saturated carbocycles. The van der Waals surface area contributed by atoms with Crippen molar-refractivity contribution in [3.8, 4) is 10.4 Å². The standard InChI is InChI=1S/C23H17ClN2O3S/c1-13-10-15(6-8-20(13)24)21-9-7-18(30-21)12-19-14(2)25-26(22(19)27)17-5-3-4-16(11-17)23(28)29/h3-12H,1-2H3,(H,28,29)/b19-12-. The van der Waals surface area contributed by atoms with Gasteiger partial charge in [-0.05, 0) is 73.5 Å². The Kier molecular flexibility index (Phi) is 5.28. The van der Waals surface area contributed by atoms with Crippen LogP contribution in [0.3, 0.4) is 0 Å². The lowest BCUT2D eigenvalue weighted by molar-refractivity contribution is -0.114. The van der Waals surface area contributed by atoms with Crippen LogP contribution in [0.1, 0.15) is 27.7 Å². The van der Waals surface area contributed by atoms with Crippen LogP contribution in [0.25, 0.3) is 16.5 Å². The molecule has 0 aliphatic carbocycles. The van der Waals surface area contributed by atoms with Crippen LogP contribution in [-0.2, 0) is 4.79 Å². The van der Waals surface area contributed by atoms with Crippen molar-refractivity contribution in [2.75, 3.05) is 5.01 Å². The predicted octanol–water partition coefficient (Wildman–Crippen LogP) is 5.88. The summed E-state index contributed by atoms with van der Waals surface area (Å²) in [4.78, 5) is 26.2. The zero-order valence-electron chi connectivity index (χ0n) is 16.2. The van der Waals surface area contributed by atoms with Crippen LogP contribution in [-0.4, -0.2) is 22.7 Å². The van der Waals surface area contributed by atoms with Gasteiger partial charge in [0.15, 0.2) is 0 Å². The first-order chi connectivity index (χ1) is 14.3. The second-order valence-corrected chi connectivity index (χ2v) is 8.40. The summed E-state index contributed by atoms with van der Waals surface area (Å²) in [6.45, 7) is 3.73. The number of benzene rings is 2. The second kappa shape index (κ2) is 7.89. The first-order valence-corrected chi connectivity index (χ1v) is 10.3. The van der Waals surface area contributed by atoms with Gasteiger partial charge in [-0.1, -0.05) is 23.7 Å². The fourth-order valence-electron chi connectivity index (χ4n) is 3.16. The molecule has 1 N–H and O–H groups in total. The van der Waals surface area contributed by atoms with Gasteiger partial charge < -0.3 is 5.11 Å². The molecule has 4 rings (SSSR count). The summed E-state index contributed by atoms with van der Waals surface area (Å²) in [5.74, 6) is -1.34. The predicted molar refractivity (Wildman–Crippen MR) is 121 cm³/mol. The summed E-state index contributed by atoms with van der Waals surface area (Å²) in [6.07, 6.45) is 1.82. The highest BCUT2D eigenvalue weighted by Crippen LogP contribution is 2.33. The summed E-state index contributed by atoms with van der Waals surface area (Å²) in [6, 6.07) is 16.0. The monoisotopic (exact) mass is 436 g/mol. The van der Waals surface area contributed by atoms with Crippen molar-refractivity contribution in [1.82, 2.24) is 0 Å².